The maximum atomic E-state index is 12.7. The lowest BCUT2D eigenvalue weighted by Gasteiger charge is -2.23. The van der Waals surface area contributed by atoms with Gasteiger partial charge in [0.05, 0.1) is 18.8 Å². The Balaban J connectivity index is 1.70. The fourth-order valence-corrected chi connectivity index (χ4v) is 2.88. The van der Waals surface area contributed by atoms with Crippen molar-refractivity contribution in [3.05, 3.63) is 53.4 Å². The van der Waals surface area contributed by atoms with Crippen LogP contribution in [0.4, 0.5) is 0 Å². The second kappa shape index (κ2) is 7.49. The number of hydrogen-bond acceptors (Lipinski definition) is 5. The van der Waals surface area contributed by atoms with Gasteiger partial charge in [-0.05, 0) is 38.5 Å². The molecule has 0 radical (unpaired) electrons. The molecule has 1 aliphatic rings. The predicted molar refractivity (Wildman–Crippen MR) is 89.7 cm³/mol. The first-order valence-electron chi connectivity index (χ1n) is 8.19. The molecule has 0 bridgehead atoms. The summed E-state index contributed by atoms with van der Waals surface area (Å²) in [6.07, 6.45) is 4.01. The molecule has 0 N–H and O–H groups in total. The SMILES string of the molecule is Cc1ccc(C(=O)N2CCOCC(Cc3cc(C)ncn3)C2)cn1. The van der Waals surface area contributed by atoms with Crippen molar-refractivity contribution in [2.24, 2.45) is 5.92 Å². The van der Waals surface area contributed by atoms with Gasteiger partial charge < -0.3 is 9.64 Å². The average molecular weight is 326 g/mol. The van der Waals surface area contributed by atoms with E-state index >= 15 is 0 Å². The number of carbonyl (C=O) groups is 1. The first-order valence-corrected chi connectivity index (χ1v) is 8.19. The minimum absolute atomic E-state index is 0.0110. The van der Waals surface area contributed by atoms with Crippen molar-refractivity contribution in [1.82, 2.24) is 19.9 Å². The van der Waals surface area contributed by atoms with Gasteiger partial charge in [0.2, 0.25) is 0 Å². The number of aryl methyl sites for hydroxylation is 2. The molecule has 2 aromatic heterocycles. The lowest BCUT2D eigenvalue weighted by Crippen LogP contribution is -2.36. The minimum Gasteiger partial charge on any atom is -0.379 e. The van der Waals surface area contributed by atoms with Crippen molar-refractivity contribution in [2.75, 3.05) is 26.3 Å². The highest BCUT2D eigenvalue weighted by molar-refractivity contribution is 5.93. The van der Waals surface area contributed by atoms with Crippen molar-refractivity contribution >= 4 is 5.91 Å². The molecule has 2 aromatic rings. The number of ether oxygens (including phenoxy) is 1. The zero-order valence-corrected chi connectivity index (χ0v) is 14.1. The van der Waals surface area contributed by atoms with Gasteiger partial charge in [-0.15, -0.1) is 0 Å². The summed E-state index contributed by atoms with van der Waals surface area (Å²) in [5.41, 5.74) is 3.47. The molecule has 1 aliphatic heterocycles. The summed E-state index contributed by atoms with van der Waals surface area (Å²) in [7, 11) is 0. The van der Waals surface area contributed by atoms with E-state index in [9.17, 15) is 4.79 Å². The van der Waals surface area contributed by atoms with E-state index in [2.05, 4.69) is 15.0 Å². The summed E-state index contributed by atoms with van der Waals surface area (Å²) >= 11 is 0. The van der Waals surface area contributed by atoms with E-state index in [1.807, 2.05) is 36.9 Å². The zero-order valence-electron chi connectivity index (χ0n) is 14.1. The highest BCUT2D eigenvalue weighted by Crippen LogP contribution is 2.15. The molecule has 24 heavy (non-hydrogen) atoms. The molecule has 0 spiro atoms. The van der Waals surface area contributed by atoms with Crippen molar-refractivity contribution in [3.63, 3.8) is 0 Å². The standard InChI is InChI=1S/C18H22N4O2/c1-13-3-4-16(9-19-13)18(23)22-5-6-24-11-15(10-22)8-17-7-14(2)20-12-21-17/h3-4,7,9,12,15H,5-6,8,10-11H2,1-2H3. The first-order chi connectivity index (χ1) is 11.6. The minimum atomic E-state index is 0.0110. The van der Waals surface area contributed by atoms with Crippen molar-refractivity contribution in [2.45, 2.75) is 20.3 Å². The van der Waals surface area contributed by atoms with Gasteiger partial charge in [0.25, 0.3) is 5.91 Å². The quantitative estimate of drug-likeness (QED) is 0.860. The summed E-state index contributed by atoms with van der Waals surface area (Å²) in [5, 5.41) is 0. The van der Waals surface area contributed by atoms with E-state index in [4.69, 9.17) is 4.74 Å². The summed E-state index contributed by atoms with van der Waals surface area (Å²) < 4.78 is 5.69. The molecule has 3 heterocycles. The molecule has 6 heteroatoms. The van der Waals surface area contributed by atoms with Gasteiger partial charge in [0, 0.05) is 42.3 Å². The molecule has 1 amide bonds. The fraction of sp³-hybridized carbons (Fsp3) is 0.444. The first kappa shape index (κ1) is 16.5. The van der Waals surface area contributed by atoms with Crippen LogP contribution >= 0.6 is 0 Å². The molecule has 0 saturated carbocycles. The smallest absolute Gasteiger partial charge is 0.255 e. The van der Waals surface area contributed by atoms with E-state index in [-0.39, 0.29) is 11.8 Å². The number of rotatable bonds is 3. The third kappa shape index (κ3) is 4.14. The molecule has 1 fully saturated rings. The number of carbonyl (C=O) groups excluding carboxylic acids is 1. The Hall–Kier alpha value is -2.34. The van der Waals surface area contributed by atoms with Crippen molar-refractivity contribution in [1.29, 1.82) is 0 Å². The monoisotopic (exact) mass is 326 g/mol. The second-order valence-corrected chi connectivity index (χ2v) is 6.24. The summed E-state index contributed by atoms with van der Waals surface area (Å²) in [6.45, 7) is 6.33. The maximum absolute atomic E-state index is 12.7. The van der Waals surface area contributed by atoms with Crippen LogP contribution in [0.1, 0.15) is 27.4 Å². The Morgan fingerprint density at radius 2 is 2.12 bits per heavy atom. The summed E-state index contributed by atoms with van der Waals surface area (Å²) in [6, 6.07) is 5.68. The summed E-state index contributed by atoms with van der Waals surface area (Å²) in [5.74, 6) is 0.237. The van der Waals surface area contributed by atoms with Gasteiger partial charge in [-0.3, -0.25) is 9.78 Å². The van der Waals surface area contributed by atoms with Gasteiger partial charge in [0.15, 0.2) is 0 Å². The van der Waals surface area contributed by atoms with Gasteiger partial charge >= 0.3 is 0 Å². The predicted octanol–water partition coefficient (Wildman–Crippen LogP) is 1.82. The molecule has 6 nitrogen and oxygen atoms in total. The molecule has 1 atom stereocenters. The largest absolute Gasteiger partial charge is 0.379 e. The van der Waals surface area contributed by atoms with E-state index < -0.39 is 0 Å². The highest BCUT2D eigenvalue weighted by Gasteiger charge is 2.24. The number of aromatic nitrogens is 3. The van der Waals surface area contributed by atoms with Crippen LogP contribution in [0.25, 0.3) is 0 Å². The Bertz CT molecular complexity index is 702. The molecule has 1 unspecified atom stereocenters. The molecular weight excluding hydrogens is 304 g/mol. The topological polar surface area (TPSA) is 68.2 Å². The summed E-state index contributed by atoms with van der Waals surface area (Å²) in [4.78, 5) is 27.2. The number of pyridine rings is 1. The van der Waals surface area contributed by atoms with Crippen LogP contribution in [0.5, 0.6) is 0 Å². The third-order valence-electron chi connectivity index (χ3n) is 4.14. The van der Waals surface area contributed by atoms with Crippen LogP contribution in [0.2, 0.25) is 0 Å². The van der Waals surface area contributed by atoms with Gasteiger partial charge in [-0.1, -0.05) is 0 Å². The van der Waals surface area contributed by atoms with Crippen LogP contribution in [-0.2, 0) is 11.2 Å². The Morgan fingerprint density at radius 1 is 1.25 bits per heavy atom. The Kier molecular flexibility index (Phi) is 5.15. The Morgan fingerprint density at radius 3 is 2.88 bits per heavy atom. The van der Waals surface area contributed by atoms with Crippen LogP contribution in [-0.4, -0.2) is 52.1 Å². The van der Waals surface area contributed by atoms with Crippen LogP contribution in [0.3, 0.4) is 0 Å². The van der Waals surface area contributed by atoms with Crippen molar-refractivity contribution < 1.29 is 9.53 Å². The number of nitrogens with zero attached hydrogens (tertiary/aromatic N) is 4. The van der Waals surface area contributed by atoms with Crippen LogP contribution < -0.4 is 0 Å². The molecule has 1 saturated heterocycles. The van der Waals surface area contributed by atoms with E-state index in [0.29, 0.717) is 31.9 Å². The van der Waals surface area contributed by atoms with Gasteiger partial charge in [-0.25, -0.2) is 9.97 Å². The van der Waals surface area contributed by atoms with Gasteiger partial charge in [0.1, 0.15) is 6.33 Å². The fourth-order valence-electron chi connectivity index (χ4n) is 2.88. The van der Waals surface area contributed by atoms with Crippen LogP contribution in [0.15, 0.2) is 30.7 Å². The normalized spacial score (nSPS) is 18.2. The number of hydrogen-bond donors (Lipinski definition) is 0. The molecule has 3 rings (SSSR count). The van der Waals surface area contributed by atoms with Crippen molar-refractivity contribution in [3.8, 4) is 0 Å². The zero-order chi connectivity index (χ0) is 16.9. The molecule has 0 aromatic carbocycles. The van der Waals surface area contributed by atoms with Gasteiger partial charge in [-0.2, -0.15) is 0 Å². The Labute approximate surface area is 141 Å². The molecule has 0 aliphatic carbocycles. The van der Waals surface area contributed by atoms with E-state index in [0.717, 1.165) is 23.5 Å². The second-order valence-electron chi connectivity index (χ2n) is 6.24. The van der Waals surface area contributed by atoms with Crippen LogP contribution in [0, 0.1) is 19.8 Å². The third-order valence-corrected chi connectivity index (χ3v) is 4.14. The van der Waals surface area contributed by atoms with E-state index in [1.165, 1.54) is 0 Å². The van der Waals surface area contributed by atoms with E-state index in [1.54, 1.807) is 12.5 Å². The average Bonchev–Trinajstić information content (AvgIpc) is 2.80. The molecular formula is C18H22N4O2. The highest BCUT2D eigenvalue weighted by atomic mass is 16.5. The maximum Gasteiger partial charge on any atom is 0.255 e. The molecule has 126 valence electrons. The lowest BCUT2D eigenvalue weighted by molar-refractivity contribution is 0.0737. The lowest BCUT2D eigenvalue weighted by atomic mass is 10.0. The number of amides is 1.